The van der Waals surface area contributed by atoms with E-state index in [1.165, 1.54) is 0 Å². The van der Waals surface area contributed by atoms with Crippen molar-refractivity contribution in [1.29, 1.82) is 0 Å². The van der Waals surface area contributed by atoms with Crippen LogP contribution < -0.4 is 0 Å². The smallest absolute Gasteiger partial charge is 0.255 e. The number of halogens is 8. The minimum atomic E-state index is -6.03. The predicted octanol–water partition coefficient (Wildman–Crippen LogP) is 2.88. The molecule has 1 radical (unpaired) electrons. The molecular formula is C4HF8O. The van der Waals surface area contributed by atoms with Crippen molar-refractivity contribution >= 4 is 0 Å². The van der Waals surface area contributed by atoms with Gasteiger partial charge in [-0.2, -0.15) is 30.7 Å². The average Bonchev–Trinajstić information content (AvgIpc) is 1.80. The Labute approximate surface area is 66.3 Å². The van der Waals surface area contributed by atoms with E-state index >= 15 is 0 Å². The van der Waals surface area contributed by atoms with Crippen LogP contribution in [0.3, 0.4) is 0 Å². The van der Waals surface area contributed by atoms with Gasteiger partial charge in [-0.05, 0) is 0 Å². The van der Waals surface area contributed by atoms with Gasteiger partial charge in [0.25, 0.3) is 0 Å². The molecule has 0 aliphatic carbocycles. The van der Waals surface area contributed by atoms with Gasteiger partial charge in [0.1, 0.15) is 0 Å². The maximum absolute atomic E-state index is 11.7. The lowest BCUT2D eigenvalue weighted by molar-refractivity contribution is -0.345. The zero-order chi connectivity index (χ0) is 10.9. The normalized spacial score (nSPS) is 14.3. The molecule has 0 saturated heterocycles. The van der Waals surface area contributed by atoms with Gasteiger partial charge < -0.3 is 0 Å². The van der Waals surface area contributed by atoms with Crippen molar-refractivity contribution in [3.63, 3.8) is 0 Å². The number of ether oxygens (including phenoxy) is 1. The van der Waals surface area contributed by atoms with Crippen molar-refractivity contribution in [3.8, 4) is 0 Å². The van der Waals surface area contributed by atoms with Gasteiger partial charge in [-0.3, -0.25) is 4.74 Å². The third-order valence-electron chi connectivity index (χ3n) is 0.742. The van der Waals surface area contributed by atoms with Gasteiger partial charge in [-0.1, -0.05) is 0 Å². The average molecular weight is 217 g/mol. The fraction of sp³-hybridized carbons (Fsp3) is 0.750. The molecule has 0 saturated carbocycles. The summed E-state index contributed by atoms with van der Waals surface area (Å²) in [7, 11) is 0. The molecule has 0 N–H and O–H groups in total. The van der Waals surface area contributed by atoms with E-state index in [1.54, 1.807) is 0 Å². The first kappa shape index (κ1) is 12.4. The van der Waals surface area contributed by atoms with Crippen molar-refractivity contribution in [2.45, 2.75) is 18.9 Å². The van der Waals surface area contributed by atoms with E-state index < -0.39 is 25.1 Å². The van der Waals surface area contributed by atoms with Gasteiger partial charge in [0.2, 0.25) is 0 Å². The second kappa shape index (κ2) is 3.64. The van der Waals surface area contributed by atoms with Crippen LogP contribution in [0.25, 0.3) is 0 Å². The van der Waals surface area contributed by atoms with Crippen LogP contribution in [0.4, 0.5) is 35.1 Å². The van der Waals surface area contributed by atoms with E-state index in [-0.39, 0.29) is 0 Å². The lowest BCUT2D eigenvalue weighted by Gasteiger charge is -2.20. The van der Waals surface area contributed by atoms with Crippen LogP contribution in [0.15, 0.2) is 0 Å². The SMILES string of the molecule is F[C](C(F)(F)F)C(F)(F)OC(F)F. The lowest BCUT2D eigenvalue weighted by atomic mass is 10.3. The molecular weight excluding hydrogens is 216 g/mol. The number of hydrogen-bond donors (Lipinski definition) is 0. The maximum Gasteiger partial charge on any atom is 0.435 e. The van der Waals surface area contributed by atoms with Gasteiger partial charge in [0, 0.05) is 0 Å². The molecule has 0 rings (SSSR count). The Kier molecular flexibility index (Phi) is 3.47. The molecule has 0 atom stereocenters. The highest BCUT2D eigenvalue weighted by atomic mass is 19.4. The molecule has 0 spiro atoms. The van der Waals surface area contributed by atoms with Gasteiger partial charge >= 0.3 is 25.1 Å². The maximum atomic E-state index is 11.7. The van der Waals surface area contributed by atoms with Gasteiger partial charge in [-0.15, -0.1) is 0 Å². The molecule has 1 nitrogen and oxygen atoms in total. The number of alkyl halides is 7. The van der Waals surface area contributed by atoms with Crippen molar-refractivity contribution < 1.29 is 39.9 Å². The first-order valence-electron chi connectivity index (χ1n) is 2.51. The highest BCUT2D eigenvalue weighted by Gasteiger charge is 2.61. The fourth-order valence-electron chi connectivity index (χ4n) is 0.329. The molecule has 79 valence electrons. The van der Waals surface area contributed by atoms with E-state index in [9.17, 15) is 35.1 Å². The highest BCUT2D eigenvalue weighted by Crippen LogP contribution is 2.42. The third-order valence-corrected chi connectivity index (χ3v) is 0.742. The van der Waals surface area contributed by atoms with Crippen LogP contribution >= 0.6 is 0 Å². The van der Waals surface area contributed by atoms with E-state index in [4.69, 9.17) is 0 Å². The van der Waals surface area contributed by atoms with Crippen LogP contribution in [0.2, 0.25) is 0 Å². The van der Waals surface area contributed by atoms with Crippen LogP contribution in [0, 0.1) is 6.17 Å². The first-order valence-corrected chi connectivity index (χ1v) is 2.51. The fourth-order valence-corrected chi connectivity index (χ4v) is 0.329. The van der Waals surface area contributed by atoms with E-state index in [0.29, 0.717) is 0 Å². The minimum Gasteiger partial charge on any atom is -0.255 e. The van der Waals surface area contributed by atoms with Gasteiger partial charge in [-0.25, -0.2) is 4.39 Å². The van der Waals surface area contributed by atoms with Crippen molar-refractivity contribution in [2.75, 3.05) is 0 Å². The van der Waals surface area contributed by atoms with Crippen LogP contribution in [0.1, 0.15) is 0 Å². The van der Waals surface area contributed by atoms with Gasteiger partial charge in [0.15, 0.2) is 0 Å². The van der Waals surface area contributed by atoms with Crippen LogP contribution in [-0.4, -0.2) is 18.9 Å². The minimum absolute atomic E-state index is 2.13. The molecule has 0 unspecified atom stereocenters. The Morgan fingerprint density at radius 1 is 1.00 bits per heavy atom. The molecule has 9 heteroatoms. The lowest BCUT2D eigenvalue weighted by Crippen LogP contribution is -2.38. The molecule has 0 bridgehead atoms. The number of hydrogen-bond acceptors (Lipinski definition) is 1. The molecule has 0 aliphatic heterocycles. The first-order chi connectivity index (χ1) is 5.57. The zero-order valence-corrected chi connectivity index (χ0v) is 5.51. The molecule has 13 heavy (non-hydrogen) atoms. The highest BCUT2D eigenvalue weighted by molar-refractivity contribution is 4.94. The topological polar surface area (TPSA) is 9.23 Å². The summed E-state index contributed by atoms with van der Waals surface area (Å²) in [6.07, 6.45) is -15.6. The zero-order valence-electron chi connectivity index (χ0n) is 5.51. The summed E-state index contributed by atoms with van der Waals surface area (Å²) >= 11 is 0. The van der Waals surface area contributed by atoms with Crippen LogP contribution in [-0.2, 0) is 4.74 Å². The third kappa shape index (κ3) is 3.75. The predicted molar refractivity (Wildman–Crippen MR) is 22.4 cm³/mol. The van der Waals surface area contributed by atoms with Crippen molar-refractivity contribution in [1.82, 2.24) is 0 Å². The molecule has 0 amide bonds. The molecule has 0 aliphatic rings. The van der Waals surface area contributed by atoms with Crippen molar-refractivity contribution in [2.24, 2.45) is 0 Å². The van der Waals surface area contributed by atoms with Gasteiger partial charge in [0.05, 0.1) is 0 Å². The summed E-state index contributed by atoms with van der Waals surface area (Å²) in [6, 6.07) is 0. The summed E-state index contributed by atoms with van der Waals surface area (Å²) in [5, 5.41) is 0. The summed E-state index contributed by atoms with van der Waals surface area (Å²) in [4.78, 5) is 0. The quantitative estimate of drug-likeness (QED) is 0.660. The Morgan fingerprint density at radius 2 is 1.38 bits per heavy atom. The summed E-state index contributed by atoms with van der Waals surface area (Å²) < 4.78 is 92.8. The van der Waals surface area contributed by atoms with Crippen molar-refractivity contribution in [3.05, 3.63) is 6.17 Å². The molecule has 0 aromatic carbocycles. The van der Waals surface area contributed by atoms with E-state index in [2.05, 4.69) is 4.74 Å². The molecule has 0 aromatic heterocycles. The summed E-state index contributed by atoms with van der Waals surface area (Å²) in [5.74, 6) is 0. The van der Waals surface area contributed by atoms with E-state index in [0.717, 1.165) is 0 Å². The Bertz CT molecular complexity index is 162. The Hall–Kier alpha value is -0.600. The number of rotatable bonds is 3. The Morgan fingerprint density at radius 3 is 1.62 bits per heavy atom. The molecule has 0 aromatic rings. The second-order valence-corrected chi connectivity index (χ2v) is 1.71. The van der Waals surface area contributed by atoms with E-state index in [1.807, 2.05) is 0 Å². The molecule has 0 fully saturated rings. The largest absolute Gasteiger partial charge is 0.435 e. The Balaban J connectivity index is 4.45. The summed E-state index contributed by atoms with van der Waals surface area (Å²) in [5.41, 5.74) is 0. The second-order valence-electron chi connectivity index (χ2n) is 1.71. The van der Waals surface area contributed by atoms with Crippen LogP contribution in [0.5, 0.6) is 0 Å². The summed E-state index contributed by atoms with van der Waals surface area (Å²) in [6.45, 7) is -4.21. The molecule has 0 heterocycles. The standard InChI is InChI=1S/C4HF8O/c5-1(3(8,9)10)4(11,12)13-2(6)7/h2H. The monoisotopic (exact) mass is 217 g/mol.